The maximum Gasteiger partial charge on any atom is 0.330 e. The first-order valence-electron chi connectivity index (χ1n) is 5.09. The zero-order valence-corrected chi connectivity index (χ0v) is 9.37. The summed E-state index contributed by atoms with van der Waals surface area (Å²) in [6.45, 7) is 3.50. The van der Waals surface area contributed by atoms with Crippen molar-refractivity contribution in [3.63, 3.8) is 0 Å². The maximum atomic E-state index is 10.8. The van der Waals surface area contributed by atoms with Gasteiger partial charge in [-0.15, -0.1) is 0 Å². The van der Waals surface area contributed by atoms with Crippen LogP contribution < -0.4 is 10.6 Å². The van der Waals surface area contributed by atoms with E-state index in [-0.39, 0.29) is 13.2 Å². The Morgan fingerprint density at radius 1 is 1.35 bits per heavy atom. The van der Waals surface area contributed by atoms with Crippen LogP contribution in [0.15, 0.2) is 43.0 Å². The molecule has 0 bridgehead atoms. The molecule has 0 aliphatic carbocycles. The number of hydrogen-bond donors (Lipinski definition) is 1. The molecule has 0 radical (unpaired) electrons. The number of benzene rings is 1. The van der Waals surface area contributed by atoms with Crippen LogP contribution in [-0.4, -0.2) is 25.3 Å². The summed E-state index contributed by atoms with van der Waals surface area (Å²) in [5.41, 5.74) is 0. The third kappa shape index (κ3) is 5.14. The van der Waals surface area contributed by atoms with E-state index in [4.69, 9.17) is 15.4 Å². The first kappa shape index (κ1) is 13.2. The van der Waals surface area contributed by atoms with Crippen LogP contribution in [0.1, 0.15) is 0 Å². The van der Waals surface area contributed by atoms with Gasteiger partial charge >= 0.3 is 5.97 Å². The van der Waals surface area contributed by atoms with Gasteiger partial charge in [-0.25, -0.2) is 10.7 Å². The average Bonchev–Trinajstić information content (AvgIpc) is 2.39. The van der Waals surface area contributed by atoms with Crippen LogP contribution in [0.25, 0.3) is 0 Å². The van der Waals surface area contributed by atoms with Gasteiger partial charge in [-0.3, -0.25) is 4.84 Å². The average molecular weight is 237 g/mol. The lowest BCUT2D eigenvalue weighted by atomic mass is 10.3. The smallest absolute Gasteiger partial charge is 0.330 e. The molecule has 0 aromatic heterocycles. The van der Waals surface area contributed by atoms with Crippen molar-refractivity contribution in [2.75, 3.05) is 13.2 Å². The highest BCUT2D eigenvalue weighted by Crippen LogP contribution is 2.08. The van der Waals surface area contributed by atoms with Gasteiger partial charge in [0, 0.05) is 6.08 Å². The van der Waals surface area contributed by atoms with E-state index in [2.05, 4.69) is 11.4 Å². The Bertz CT molecular complexity index is 353. The summed E-state index contributed by atoms with van der Waals surface area (Å²) in [7, 11) is 0. The lowest BCUT2D eigenvalue weighted by Crippen LogP contribution is -2.30. The second-order valence-corrected chi connectivity index (χ2v) is 3.22. The van der Waals surface area contributed by atoms with Crippen LogP contribution in [0.2, 0.25) is 0 Å². The standard InChI is InChI=1S/C12H15NO4/c1-2-12(14)16-9-11(17-13)8-15-10-6-4-3-5-7-10/h2-7,11H,1,8-9,13H2. The van der Waals surface area contributed by atoms with E-state index in [1.807, 2.05) is 30.3 Å². The number of carbonyl (C=O) groups excluding carboxylic acids is 1. The normalized spacial score (nSPS) is 11.6. The van der Waals surface area contributed by atoms with Crippen molar-refractivity contribution in [2.45, 2.75) is 6.10 Å². The molecule has 17 heavy (non-hydrogen) atoms. The molecule has 0 saturated carbocycles. The second kappa shape index (κ2) is 7.43. The minimum Gasteiger partial charge on any atom is -0.491 e. The molecule has 0 aliphatic rings. The SMILES string of the molecule is C=CC(=O)OCC(COc1ccccc1)ON. The topological polar surface area (TPSA) is 70.8 Å². The molecule has 0 spiro atoms. The van der Waals surface area contributed by atoms with Gasteiger partial charge in [-0.1, -0.05) is 24.8 Å². The quantitative estimate of drug-likeness (QED) is 0.436. The first-order valence-corrected chi connectivity index (χ1v) is 5.09. The highest BCUT2D eigenvalue weighted by Gasteiger charge is 2.11. The minimum atomic E-state index is -0.522. The van der Waals surface area contributed by atoms with Gasteiger partial charge in [-0.05, 0) is 12.1 Å². The number of ether oxygens (including phenoxy) is 2. The van der Waals surface area contributed by atoms with Gasteiger partial charge in [0.25, 0.3) is 0 Å². The van der Waals surface area contributed by atoms with E-state index in [1.165, 1.54) is 0 Å². The number of nitrogens with two attached hydrogens (primary N) is 1. The van der Waals surface area contributed by atoms with Gasteiger partial charge in [-0.2, -0.15) is 0 Å². The van der Waals surface area contributed by atoms with Crippen molar-refractivity contribution in [3.8, 4) is 5.75 Å². The Balaban J connectivity index is 2.32. The molecule has 2 N–H and O–H groups in total. The maximum absolute atomic E-state index is 10.8. The zero-order chi connectivity index (χ0) is 12.5. The summed E-state index contributed by atoms with van der Waals surface area (Å²) in [5, 5.41) is 0. The van der Waals surface area contributed by atoms with Gasteiger partial charge in [0.1, 0.15) is 25.1 Å². The molecule has 1 aromatic carbocycles. The van der Waals surface area contributed by atoms with E-state index < -0.39 is 12.1 Å². The first-order chi connectivity index (χ1) is 8.26. The van der Waals surface area contributed by atoms with Crippen LogP contribution in [-0.2, 0) is 14.4 Å². The highest BCUT2D eigenvalue weighted by molar-refractivity contribution is 5.81. The molecule has 0 amide bonds. The van der Waals surface area contributed by atoms with Crippen molar-refractivity contribution in [2.24, 2.45) is 5.90 Å². The van der Waals surface area contributed by atoms with E-state index >= 15 is 0 Å². The summed E-state index contributed by atoms with van der Waals surface area (Å²) in [6, 6.07) is 9.21. The van der Waals surface area contributed by atoms with Crippen LogP contribution >= 0.6 is 0 Å². The summed E-state index contributed by atoms with van der Waals surface area (Å²) < 4.78 is 10.2. The molecule has 0 aliphatic heterocycles. The number of carbonyl (C=O) groups is 1. The molecule has 5 heteroatoms. The van der Waals surface area contributed by atoms with Gasteiger partial charge in [0.2, 0.25) is 0 Å². The molecule has 0 saturated heterocycles. The summed E-state index contributed by atoms with van der Waals surface area (Å²) >= 11 is 0. The fourth-order valence-corrected chi connectivity index (χ4v) is 1.07. The number of rotatable bonds is 7. The van der Waals surface area contributed by atoms with E-state index in [0.717, 1.165) is 6.08 Å². The third-order valence-electron chi connectivity index (χ3n) is 1.95. The van der Waals surface area contributed by atoms with Crippen molar-refractivity contribution >= 4 is 5.97 Å². The molecule has 1 atom stereocenters. The molecule has 1 unspecified atom stereocenters. The molecular weight excluding hydrogens is 222 g/mol. The molecule has 92 valence electrons. The molecule has 1 aromatic rings. The Hall–Kier alpha value is -1.85. The van der Waals surface area contributed by atoms with Crippen LogP contribution in [0.4, 0.5) is 0 Å². The molecule has 0 heterocycles. The van der Waals surface area contributed by atoms with Gasteiger partial charge < -0.3 is 9.47 Å². The van der Waals surface area contributed by atoms with Crippen LogP contribution in [0.3, 0.4) is 0 Å². The molecule has 1 rings (SSSR count). The Kier molecular flexibility index (Phi) is 5.77. The van der Waals surface area contributed by atoms with Crippen LogP contribution in [0.5, 0.6) is 5.75 Å². The van der Waals surface area contributed by atoms with Crippen molar-refractivity contribution in [3.05, 3.63) is 43.0 Å². The molecule has 0 fully saturated rings. The zero-order valence-electron chi connectivity index (χ0n) is 9.37. The molecule has 5 nitrogen and oxygen atoms in total. The van der Waals surface area contributed by atoms with E-state index in [0.29, 0.717) is 5.75 Å². The number of para-hydroxylation sites is 1. The highest BCUT2D eigenvalue weighted by atomic mass is 16.7. The lowest BCUT2D eigenvalue weighted by Gasteiger charge is -2.15. The predicted octanol–water partition coefficient (Wildman–Crippen LogP) is 1.05. The van der Waals surface area contributed by atoms with Gasteiger partial charge in [0.05, 0.1) is 0 Å². The fourth-order valence-electron chi connectivity index (χ4n) is 1.07. The summed E-state index contributed by atoms with van der Waals surface area (Å²) in [5.74, 6) is 5.24. The number of hydrogen-bond acceptors (Lipinski definition) is 5. The van der Waals surface area contributed by atoms with E-state index in [1.54, 1.807) is 0 Å². The van der Waals surface area contributed by atoms with Crippen molar-refractivity contribution in [1.82, 2.24) is 0 Å². The monoisotopic (exact) mass is 237 g/mol. The predicted molar refractivity (Wildman–Crippen MR) is 62.2 cm³/mol. The van der Waals surface area contributed by atoms with Crippen LogP contribution in [0, 0.1) is 0 Å². The number of esters is 1. The Morgan fingerprint density at radius 2 is 2.06 bits per heavy atom. The second-order valence-electron chi connectivity index (χ2n) is 3.22. The lowest BCUT2D eigenvalue weighted by molar-refractivity contribution is -0.143. The summed E-state index contributed by atoms with van der Waals surface area (Å²) in [6.07, 6.45) is 0.560. The third-order valence-corrected chi connectivity index (χ3v) is 1.95. The summed E-state index contributed by atoms with van der Waals surface area (Å²) in [4.78, 5) is 15.5. The van der Waals surface area contributed by atoms with Crippen molar-refractivity contribution in [1.29, 1.82) is 0 Å². The van der Waals surface area contributed by atoms with Gasteiger partial charge in [0.15, 0.2) is 0 Å². The minimum absolute atomic E-state index is 0.0220. The van der Waals surface area contributed by atoms with Crippen molar-refractivity contribution < 1.29 is 19.1 Å². The Morgan fingerprint density at radius 3 is 2.65 bits per heavy atom. The fraction of sp³-hybridized carbons (Fsp3) is 0.250. The molecular formula is C12H15NO4. The van der Waals surface area contributed by atoms with E-state index in [9.17, 15) is 4.79 Å². The largest absolute Gasteiger partial charge is 0.491 e. The Labute approximate surface area is 99.7 Å².